The predicted molar refractivity (Wildman–Crippen MR) is 138 cm³/mol. The van der Waals surface area contributed by atoms with Gasteiger partial charge in [0.1, 0.15) is 5.75 Å². The van der Waals surface area contributed by atoms with Gasteiger partial charge >= 0.3 is 6.09 Å². The van der Waals surface area contributed by atoms with E-state index in [1.54, 1.807) is 31.4 Å². The lowest BCUT2D eigenvalue weighted by molar-refractivity contribution is -0.127. The molecule has 2 aromatic carbocycles. The number of hydrogen-bond acceptors (Lipinski definition) is 6. The lowest BCUT2D eigenvalue weighted by atomic mass is 9.83. The fraction of sp³-hybridized carbons (Fsp3) is 0.481. The number of nitrogens with zero attached hydrogens (tertiary/aromatic N) is 1. The van der Waals surface area contributed by atoms with E-state index in [0.717, 1.165) is 31.2 Å². The van der Waals surface area contributed by atoms with Crippen molar-refractivity contribution in [1.82, 2.24) is 9.62 Å². The molecule has 4 rings (SSSR count). The van der Waals surface area contributed by atoms with Crippen molar-refractivity contribution >= 4 is 22.0 Å². The van der Waals surface area contributed by atoms with Gasteiger partial charge in [-0.1, -0.05) is 42.5 Å². The third-order valence-corrected chi connectivity index (χ3v) is 8.67. The lowest BCUT2D eigenvalue weighted by Crippen LogP contribution is -2.50. The lowest BCUT2D eigenvalue weighted by Gasteiger charge is -2.31. The van der Waals surface area contributed by atoms with Gasteiger partial charge in [0.05, 0.1) is 37.7 Å². The topological polar surface area (TPSA) is 122 Å². The molecular formula is C27H34N2O7S. The van der Waals surface area contributed by atoms with Gasteiger partial charge < -0.3 is 14.6 Å². The summed E-state index contributed by atoms with van der Waals surface area (Å²) in [5.74, 6) is 0.333. The summed E-state index contributed by atoms with van der Waals surface area (Å²) < 4.78 is 39.4. The molecule has 2 aliphatic rings. The Kier molecular flexibility index (Phi) is 8.83. The van der Waals surface area contributed by atoms with Crippen LogP contribution in [0.2, 0.25) is 0 Å². The molecule has 200 valence electrons. The van der Waals surface area contributed by atoms with Crippen LogP contribution in [0.1, 0.15) is 49.1 Å². The van der Waals surface area contributed by atoms with Crippen LogP contribution in [0.25, 0.3) is 0 Å². The van der Waals surface area contributed by atoms with Gasteiger partial charge in [-0.2, -0.15) is 0 Å². The molecule has 10 heteroatoms. The molecule has 37 heavy (non-hydrogen) atoms. The number of methoxy groups -OCH3 is 1. The third kappa shape index (κ3) is 7.09. The number of ether oxygens (including phenoxy) is 2. The van der Waals surface area contributed by atoms with Crippen LogP contribution in [0.4, 0.5) is 4.79 Å². The average Bonchev–Trinajstić information content (AvgIpc) is 3.21. The van der Waals surface area contributed by atoms with Gasteiger partial charge in [0.25, 0.3) is 0 Å². The van der Waals surface area contributed by atoms with Gasteiger partial charge in [-0.3, -0.25) is 4.79 Å². The molecule has 2 atom stereocenters. The van der Waals surface area contributed by atoms with E-state index in [4.69, 9.17) is 9.47 Å². The molecule has 1 saturated heterocycles. The molecule has 1 aliphatic heterocycles. The normalized spacial score (nSPS) is 24.2. The van der Waals surface area contributed by atoms with Gasteiger partial charge in [0.15, 0.2) is 0 Å². The Morgan fingerprint density at radius 1 is 1.05 bits per heavy atom. The van der Waals surface area contributed by atoms with Crippen LogP contribution in [-0.2, 0) is 26.0 Å². The Hall–Kier alpha value is -2.95. The van der Waals surface area contributed by atoms with Gasteiger partial charge in [-0.05, 0) is 61.3 Å². The number of sulfonamides is 1. The minimum Gasteiger partial charge on any atom is -0.497 e. The summed E-state index contributed by atoms with van der Waals surface area (Å²) in [5.41, 5.74) is 2.13. The highest BCUT2D eigenvalue weighted by molar-refractivity contribution is 7.89. The fourth-order valence-electron chi connectivity index (χ4n) is 5.20. The van der Waals surface area contributed by atoms with E-state index in [-0.39, 0.29) is 31.3 Å². The highest BCUT2D eigenvalue weighted by atomic mass is 32.2. The number of amides is 2. The molecule has 9 nitrogen and oxygen atoms in total. The molecule has 0 radical (unpaired) electrons. The number of carbonyl (C=O) groups is 2. The van der Waals surface area contributed by atoms with Crippen molar-refractivity contribution in [3.8, 4) is 5.75 Å². The molecule has 0 aromatic heterocycles. The molecule has 1 heterocycles. The quantitative estimate of drug-likeness (QED) is 0.482. The Labute approximate surface area is 217 Å². The molecule has 2 aromatic rings. The Morgan fingerprint density at radius 3 is 2.35 bits per heavy atom. The molecule has 0 bridgehead atoms. The van der Waals surface area contributed by atoms with E-state index < -0.39 is 34.1 Å². The van der Waals surface area contributed by atoms with Gasteiger partial charge in [-0.15, -0.1) is 0 Å². The number of likely N-dealkylation sites (tertiary alicyclic amines) is 1. The summed E-state index contributed by atoms with van der Waals surface area (Å²) in [6, 6.07) is 15.7. The number of aryl methyl sites for hydroxylation is 1. The first-order chi connectivity index (χ1) is 17.8. The minimum atomic E-state index is -3.77. The number of imide groups is 1. The van der Waals surface area contributed by atoms with Crippen molar-refractivity contribution in [2.75, 3.05) is 19.5 Å². The molecule has 1 aliphatic carbocycles. The SMILES string of the molecule is COc1ccc(CCS(=O)(=O)N[C@@H]2CC(=O)N(C(=O)O)[C@@H]2COC2CCC(c3ccccc3)CC2)cc1. The number of hydrogen-bond donors (Lipinski definition) is 2. The monoisotopic (exact) mass is 530 g/mol. The van der Waals surface area contributed by atoms with Crippen molar-refractivity contribution in [2.45, 2.75) is 62.6 Å². The second-order valence-electron chi connectivity index (χ2n) is 9.68. The molecule has 0 spiro atoms. The minimum absolute atomic E-state index is 0.0373. The summed E-state index contributed by atoms with van der Waals surface area (Å²) in [4.78, 5) is 25.0. The zero-order valence-corrected chi connectivity index (χ0v) is 21.7. The van der Waals surface area contributed by atoms with Crippen molar-refractivity contribution < 1.29 is 32.6 Å². The smallest absolute Gasteiger partial charge is 0.414 e. The van der Waals surface area contributed by atoms with Crippen molar-refractivity contribution in [1.29, 1.82) is 0 Å². The number of rotatable bonds is 10. The van der Waals surface area contributed by atoms with Crippen LogP contribution in [0.5, 0.6) is 5.75 Å². The van der Waals surface area contributed by atoms with Gasteiger partial charge in [0, 0.05) is 6.42 Å². The van der Waals surface area contributed by atoms with Crippen LogP contribution >= 0.6 is 0 Å². The Morgan fingerprint density at radius 2 is 1.73 bits per heavy atom. The van der Waals surface area contributed by atoms with E-state index in [2.05, 4.69) is 16.9 Å². The second kappa shape index (κ2) is 12.1. The zero-order chi connectivity index (χ0) is 26.4. The first-order valence-electron chi connectivity index (χ1n) is 12.6. The van der Waals surface area contributed by atoms with Gasteiger partial charge in [-0.25, -0.2) is 22.8 Å². The van der Waals surface area contributed by atoms with E-state index >= 15 is 0 Å². The molecule has 2 N–H and O–H groups in total. The third-order valence-electron chi connectivity index (χ3n) is 7.26. The highest BCUT2D eigenvalue weighted by Crippen LogP contribution is 2.34. The maximum Gasteiger partial charge on any atom is 0.414 e. The van der Waals surface area contributed by atoms with E-state index in [0.29, 0.717) is 16.6 Å². The molecular weight excluding hydrogens is 496 g/mol. The zero-order valence-electron chi connectivity index (χ0n) is 20.9. The highest BCUT2D eigenvalue weighted by Gasteiger charge is 2.45. The van der Waals surface area contributed by atoms with Crippen molar-refractivity contribution in [2.24, 2.45) is 0 Å². The largest absolute Gasteiger partial charge is 0.497 e. The van der Waals surface area contributed by atoms with Gasteiger partial charge in [0.2, 0.25) is 15.9 Å². The number of nitrogens with one attached hydrogen (secondary N) is 1. The predicted octanol–water partition coefficient (Wildman–Crippen LogP) is 3.55. The molecule has 2 fully saturated rings. The second-order valence-corrected chi connectivity index (χ2v) is 11.6. The average molecular weight is 531 g/mol. The summed E-state index contributed by atoms with van der Waals surface area (Å²) in [5, 5.41) is 9.62. The van der Waals surface area contributed by atoms with Crippen LogP contribution in [0, 0.1) is 0 Å². The molecule has 2 amide bonds. The van der Waals surface area contributed by atoms with Crippen molar-refractivity contribution in [3.05, 3.63) is 65.7 Å². The fourth-order valence-corrected chi connectivity index (χ4v) is 6.53. The first kappa shape index (κ1) is 27.1. The van der Waals surface area contributed by atoms with Crippen LogP contribution in [-0.4, -0.2) is 68.1 Å². The Bertz CT molecular complexity index is 1160. The summed E-state index contributed by atoms with van der Waals surface area (Å²) >= 11 is 0. The van der Waals surface area contributed by atoms with Crippen LogP contribution in [0.15, 0.2) is 54.6 Å². The number of carboxylic acid groups (broad SMARTS) is 1. The van der Waals surface area contributed by atoms with E-state index in [1.807, 2.05) is 18.2 Å². The van der Waals surface area contributed by atoms with Crippen molar-refractivity contribution in [3.63, 3.8) is 0 Å². The first-order valence-corrected chi connectivity index (χ1v) is 14.3. The van der Waals surface area contributed by atoms with Crippen LogP contribution < -0.4 is 9.46 Å². The van der Waals surface area contributed by atoms with Crippen LogP contribution in [0.3, 0.4) is 0 Å². The standard InChI is InChI=1S/C27H34N2O7S/c1-35-22-11-7-19(8-12-22)15-16-37(33,34)28-24-17-26(30)29(27(31)32)25(24)18-36-23-13-9-21(10-14-23)20-5-3-2-4-6-20/h2-8,11-12,21,23-25,28H,9-10,13-18H2,1H3,(H,31,32)/t21?,23?,24-,25-/m1/s1. The maximum absolute atomic E-state index is 12.8. The molecule has 0 unspecified atom stereocenters. The number of carbonyl (C=O) groups excluding carboxylic acids is 1. The number of benzene rings is 2. The summed E-state index contributed by atoms with van der Waals surface area (Å²) in [6.45, 7) is -0.0373. The summed E-state index contributed by atoms with van der Waals surface area (Å²) in [7, 11) is -2.22. The molecule has 1 saturated carbocycles. The van der Waals surface area contributed by atoms with E-state index in [1.165, 1.54) is 5.56 Å². The Balaban J connectivity index is 1.34. The van der Waals surface area contributed by atoms with E-state index in [9.17, 15) is 23.1 Å². The maximum atomic E-state index is 12.8. The summed E-state index contributed by atoms with van der Waals surface area (Å²) in [6.07, 6.45) is 2.17.